The highest BCUT2D eigenvalue weighted by Gasteiger charge is 2.04. The maximum atomic E-state index is 12.1. The van der Waals surface area contributed by atoms with Gasteiger partial charge < -0.3 is 15.2 Å². The molecule has 1 aromatic heterocycles. The molecule has 0 radical (unpaired) electrons. The normalized spacial score (nSPS) is 10.3. The van der Waals surface area contributed by atoms with Crippen LogP contribution in [-0.2, 0) is 0 Å². The first kappa shape index (κ1) is 14.9. The first-order valence-electron chi connectivity index (χ1n) is 7.50. The molecule has 3 rings (SSSR count). The molecule has 0 atom stereocenters. The quantitative estimate of drug-likeness (QED) is 0.721. The van der Waals surface area contributed by atoms with Crippen LogP contribution >= 0.6 is 0 Å². The maximum Gasteiger partial charge on any atom is 0.323 e. The number of nitrogens with one attached hydrogen (secondary N) is 2. The van der Waals surface area contributed by atoms with Gasteiger partial charge in [0.2, 0.25) is 0 Å². The number of hydrogen-bond acceptors (Lipinski definition) is 1. The third kappa shape index (κ3) is 3.80. The predicted molar refractivity (Wildman–Crippen MR) is 94.3 cm³/mol. The monoisotopic (exact) mass is 305 g/mol. The van der Waals surface area contributed by atoms with E-state index in [0.717, 1.165) is 28.2 Å². The summed E-state index contributed by atoms with van der Waals surface area (Å²) in [5.74, 6) is 0. The summed E-state index contributed by atoms with van der Waals surface area (Å²) in [6.07, 6.45) is 3.96. The van der Waals surface area contributed by atoms with Crippen molar-refractivity contribution in [2.45, 2.75) is 13.8 Å². The van der Waals surface area contributed by atoms with Crippen molar-refractivity contribution in [2.75, 3.05) is 10.6 Å². The van der Waals surface area contributed by atoms with Crippen LogP contribution in [0.5, 0.6) is 0 Å². The van der Waals surface area contributed by atoms with Gasteiger partial charge in [-0.2, -0.15) is 0 Å². The number of benzene rings is 2. The lowest BCUT2D eigenvalue weighted by atomic mass is 10.1. The van der Waals surface area contributed by atoms with Gasteiger partial charge in [0.1, 0.15) is 0 Å². The topological polar surface area (TPSA) is 46.1 Å². The van der Waals surface area contributed by atoms with E-state index < -0.39 is 0 Å². The largest absolute Gasteiger partial charge is 0.324 e. The van der Waals surface area contributed by atoms with Gasteiger partial charge in [0.05, 0.1) is 0 Å². The van der Waals surface area contributed by atoms with Gasteiger partial charge in [-0.05, 0) is 73.5 Å². The SMILES string of the molecule is Cc1cc(C)cc(NC(=O)Nc2ccc(-n3cccc3)cc2)c1. The number of anilines is 2. The molecule has 0 aliphatic rings. The van der Waals surface area contributed by atoms with E-state index in [1.807, 2.05) is 79.3 Å². The van der Waals surface area contributed by atoms with Crippen LogP contribution in [0.1, 0.15) is 11.1 Å². The minimum absolute atomic E-state index is 0.247. The number of carbonyl (C=O) groups excluding carboxylic acids is 1. The summed E-state index contributed by atoms with van der Waals surface area (Å²) in [5, 5.41) is 5.70. The third-order valence-electron chi connectivity index (χ3n) is 3.51. The van der Waals surface area contributed by atoms with Gasteiger partial charge in [0.15, 0.2) is 0 Å². The molecule has 0 saturated carbocycles. The average molecular weight is 305 g/mol. The van der Waals surface area contributed by atoms with Crippen LogP contribution < -0.4 is 10.6 Å². The van der Waals surface area contributed by atoms with Crippen molar-refractivity contribution in [2.24, 2.45) is 0 Å². The molecule has 0 bridgehead atoms. The fourth-order valence-electron chi connectivity index (χ4n) is 2.56. The fourth-order valence-corrected chi connectivity index (χ4v) is 2.56. The van der Waals surface area contributed by atoms with E-state index in [2.05, 4.69) is 16.7 Å². The lowest BCUT2D eigenvalue weighted by Gasteiger charge is -2.10. The number of hydrogen-bond donors (Lipinski definition) is 2. The molecule has 3 aromatic rings. The van der Waals surface area contributed by atoms with Gasteiger partial charge in [0, 0.05) is 29.5 Å². The molecule has 2 aromatic carbocycles. The van der Waals surface area contributed by atoms with E-state index in [-0.39, 0.29) is 6.03 Å². The summed E-state index contributed by atoms with van der Waals surface area (Å²) < 4.78 is 2.01. The van der Waals surface area contributed by atoms with Crippen LogP contribution in [0.2, 0.25) is 0 Å². The molecular formula is C19H19N3O. The molecule has 0 fully saturated rings. The first-order valence-corrected chi connectivity index (χ1v) is 7.50. The molecule has 116 valence electrons. The van der Waals surface area contributed by atoms with Crippen LogP contribution in [0.4, 0.5) is 16.2 Å². The summed E-state index contributed by atoms with van der Waals surface area (Å²) in [4.78, 5) is 12.1. The van der Waals surface area contributed by atoms with Crippen LogP contribution in [-0.4, -0.2) is 10.6 Å². The van der Waals surface area contributed by atoms with Crippen molar-refractivity contribution in [1.82, 2.24) is 4.57 Å². The van der Waals surface area contributed by atoms with Crippen LogP contribution in [0.3, 0.4) is 0 Å². The molecule has 0 aliphatic heterocycles. The van der Waals surface area contributed by atoms with E-state index in [0.29, 0.717) is 0 Å². The summed E-state index contributed by atoms with van der Waals surface area (Å²) in [5.41, 5.74) is 4.84. The molecule has 23 heavy (non-hydrogen) atoms. The minimum Gasteiger partial charge on any atom is -0.324 e. The summed E-state index contributed by atoms with van der Waals surface area (Å²) >= 11 is 0. The van der Waals surface area contributed by atoms with E-state index >= 15 is 0 Å². The van der Waals surface area contributed by atoms with Crippen molar-refractivity contribution in [1.29, 1.82) is 0 Å². The molecule has 1 heterocycles. The highest BCUT2D eigenvalue weighted by Crippen LogP contribution is 2.16. The Balaban J connectivity index is 1.65. The summed E-state index contributed by atoms with van der Waals surface area (Å²) in [6.45, 7) is 4.02. The van der Waals surface area contributed by atoms with Crippen LogP contribution in [0.15, 0.2) is 67.0 Å². The van der Waals surface area contributed by atoms with Crippen molar-refractivity contribution < 1.29 is 4.79 Å². The molecule has 2 amide bonds. The van der Waals surface area contributed by atoms with Crippen molar-refractivity contribution in [3.63, 3.8) is 0 Å². The molecule has 0 saturated heterocycles. The number of aryl methyl sites for hydroxylation is 2. The maximum absolute atomic E-state index is 12.1. The van der Waals surface area contributed by atoms with E-state index in [4.69, 9.17) is 0 Å². The van der Waals surface area contributed by atoms with Gasteiger partial charge >= 0.3 is 6.03 Å². The van der Waals surface area contributed by atoms with Gasteiger partial charge in [0.25, 0.3) is 0 Å². The lowest BCUT2D eigenvalue weighted by Crippen LogP contribution is -2.19. The van der Waals surface area contributed by atoms with E-state index in [1.54, 1.807) is 0 Å². The number of rotatable bonds is 3. The Morgan fingerprint density at radius 3 is 2.00 bits per heavy atom. The molecule has 0 unspecified atom stereocenters. The molecular weight excluding hydrogens is 286 g/mol. The van der Waals surface area contributed by atoms with E-state index in [9.17, 15) is 4.79 Å². The van der Waals surface area contributed by atoms with Crippen molar-refractivity contribution in [3.05, 3.63) is 78.1 Å². The molecule has 4 heteroatoms. The summed E-state index contributed by atoms with van der Waals surface area (Å²) in [6, 6.07) is 17.4. The predicted octanol–water partition coefficient (Wildman–Crippen LogP) is 4.74. The van der Waals surface area contributed by atoms with Gasteiger partial charge in [-0.1, -0.05) is 6.07 Å². The highest BCUT2D eigenvalue weighted by atomic mass is 16.2. The molecule has 4 nitrogen and oxygen atoms in total. The minimum atomic E-state index is -0.247. The van der Waals surface area contributed by atoms with Crippen molar-refractivity contribution in [3.8, 4) is 5.69 Å². The third-order valence-corrected chi connectivity index (χ3v) is 3.51. The second-order valence-electron chi connectivity index (χ2n) is 5.59. The van der Waals surface area contributed by atoms with Crippen LogP contribution in [0.25, 0.3) is 5.69 Å². The standard InChI is InChI=1S/C19H19N3O/c1-14-11-15(2)13-17(12-14)21-19(23)20-16-5-7-18(8-6-16)22-9-3-4-10-22/h3-13H,1-2H3,(H2,20,21,23). The van der Waals surface area contributed by atoms with Crippen molar-refractivity contribution >= 4 is 17.4 Å². The van der Waals surface area contributed by atoms with Gasteiger partial charge in [-0.25, -0.2) is 4.79 Å². The first-order chi connectivity index (χ1) is 11.1. The lowest BCUT2D eigenvalue weighted by molar-refractivity contribution is 0.262. The molecule has 0 aliphatic carbocycles. The smallest absolute Gasteiger partial charge is 0.323 e. The van der Waals surface area contributed by atoms with E-state index in [1.165, 1.54) is 0 Å². The van der Waals surface area contributed by atoms with Gasteiger partial charge in [-0.3, -0.25) is 0 Å². The fraction of sp³-hybridized carbons (Fsp3) is 0.105. The Morgan fingerprint density at radius 1 is 0.826 bits per heavy atom. The Labute approximate surface area is 135 Å². The molecule has 0 spiro atoms. The van der Waals surface area contributed by atoms with Crippen LogP contribution in [0, 0.1) is 13.8 Å². The Hall–Kier alpha value is -3.01. The Bertz CT molecular complexity index is 785. The second kappa shape index (κ2) is 6.40. The Kier molecular flexibility index (Phi) is 4.15. The highest BCUT2D eigenvalue weighted by molar-refractivity contribution is 5.99. The van der Waals surface area contributed by atoms with Gasteiger partial charge in [-0.15, -0.1) is 0 Å². The molecule has 2 N–H and O–H groups in total. The number of urea groups is 1. The second-order valence-corrected chi connectivity index (χ2v) is 5.59. The number of carbonyl (C=O) groups is 1. The average Bonchev–Trinajstić information content (AvgIpc) is 3.01. The zero-order valence-corrected chi connectivity index (χ0v) is 13.2. The zero-order valence-electron chi connectivity index (χ0n) is 13.2. The number of aromatic nitrogens is 1. The zero-order chi connectivity index (χ0) is 16.2. The number of amides is 2. The summed E-state index contributed by atoms with van der Waals surface area (Å²) in [7, 11) is 0. The Morgan fingerprint density at radius 2 is 1.39 bits per heavy atom. The number of nitrogens with zero attached hydrogens (tertiary/aromatic N) is 1.